The maximum Gasteiger partial charge on any atom is 0.222 e. The quantitative estimate of drug-likeness (QED) is 0.505. The standard InChI is InChI=1S/C19H15Cl2N7O/c1-10-7-22-17(25-11(2)29)6-16(10)28-8-14(19-23-9-24-26-19)18(27-28)13-4-3-12(20)5-15(13)21/h3-9H,1-2H3,(H,22,25,29)(H,23,24,26). The minimum absolute atomic E-state index is 0.205. The van der Waals surface area contributed by atoms with Gasteiger partial charge in [-0.25, -0.2) is 9.67 Å². The first-order valence-electron chi connectivity index (χ1n) is 8.58. The number of carbonyl (C=O) groups excluding carboxylic acids is 1. The fourth-order valence-electron chi connectivity index (χ4n) is 2.90. The summed E-state index contributed by atoms with van der Waals surface area (Å²) in [5.74, 6) is 0.774. The highest BCUT2D eigenvalue weighted by Crippen LogP contribution is 2.36. The predicted octanol–water partition coefficient (Wildman–Crippen LogP) is 4.29. The van der Waals surface area contributed by atoms with Crippen molar-refractivity contribution in [3.8, 4) is 28.3 Å². The molecule has 1 amide bonds. The number of amides is 1. The molecule has 3 heterocycles. The van der Waals surface area contributed by atoms with Crippen LogP contribution in [0.25, 0.3) is 28.3 Å². The SMILES string of the molecule is CC(=O)Nc1cc(-n2cc(-c3nnc[nH]3)c(-c3ccc(Cl)cc3Cl)n2)c(C)cn1. The zero-order chi connectivity index (χ0) is 20.5. The first kappa shape index (κ1) is 19.1. The van der Waals surface area contributed by atoms with Crippen LogP contribution in [0.4, 0.5) is 5.82 Å². The van der Waals surface area contributed by atoms with Crippen LogP contribution in [-0.4, -0.2) is 35.9 Å². The van der Waals surface area contributed by atoms with Gasteiger partial charge >= 0.3 is 0 Å². The zero-order valence-corrected chi connectivity index (χ0v) is 17.0. The third-order valence-electron chi connectivity index (χ3n) is 4.20. The van der Waals surface area contributed by atoms with Crippen molar-refractivity contribution in [3.05, 3.63) is 58.6 Å². The van der Waals surface area contributed by atoms with E-state index in [1.807, 2.05) is 13.1 Å². The van der Waals surface area contributed by atoms with Crippen molar-refractivity contribution >= 4 is 34.9 Å². The van der Waals surface area contributed by atoms with E-state index in [9.17, 15) is 4.79 Å². The summed E-state index contributed by atoms with van der Waals surface area (Å²) in [6.07, 6.45) is 4.98. The average Bonchev–Trinajstić information content (AvgIpc) is 3.32. The van der Waals surface area contributed by atoms with Crippen LogP contribution >= 0.6 is 23.2 Å². The van der Waals surface area contributed by atoms with Crippen molar-refractivity contribution in [1.82, 2.24) is 29.9 Å². The summed E-state index contributed by atoms with van der Waals surface area (Å²) in [5, 5.41) is 16.4. The molecule has 3 aromatic heterocycles. The minimum atomic E-state index is -0.205. The van der Waals surface area contributed by atoms with Crippen LogP contribution in [0.2, 0.25) is 10.0 Å². The normalized spacial score (nSPS) is 10.9. The Morgan fingerprint density at radius 1 is 1.21 bits per heavy atom. The van der Waals surface area contributed by atoms with E-state index in [1.54, 1.807) is 35.1 Å². The molecule has 1 aromatic carbocycles. The molecule has 0 bridgehead atoms. The number of rotatable bonds is 4. The molecule has 0 spiro atoms. The van der Waals surface area contributed by atoms with Gasteiger partial charge in [0, 0.05) is 36.0 Å². The van der Waals surface area contributed by atoms with E-state index in [2.05, 4.69) is 25.5 Å². The summed E-state index contributed by atoms with van der Waals surface area (Å²) >= 11 is 12.5. The Morgan fingerprint density at radius 3 is 2.72 bits per heavy atom. The monoisotopic (exact) mass is 427 g/mol. The molecule has 146 valence electrons. The summed E-state index contributed by atoms with van der Waals surface area (Å²) in [7, 11) is 0. The van der Waals surface area contributed by atoms with E-state index in [0.717, 1.165) is 11.3 Å². The van der Waals surface area contributed by atoms with Crippen molar-refractivity contribution < 1.29 is 4.79 Å². The van der Waals surface area contributed by atoms with E-state index >= 15 is 0 Å². The van der Waals surface area contributed by atoms with Gasteiger partial charge in [0.2, 0.25) is 5.91 Å². The number of aryl methyl sites for hydroxylation is 1. The highest BCUT2D eigenvalue weighted by atomic mass is 35.5. The van der Waals surface area contributed by atoms with Gasteiger partial charge in [-0.2, -0.15) is 5.10 Å². The first-order chi connectivity index (χ1) is 13.9. The average molecular weight is 428 g/mol. The number of hydrogen-bond donors (Lipinski definition) is 2. The van der Waals surface area contributed by atoms with Crippen LogP contribution in [0.15, 0.2) is 43.0 Å². The maximum absolute atomic E-state index is 11.4. The molecule has 29 heavy (non-hydrogen) atoms. The number of aromatic nitrogens is 6. The van der Waals surface area contributed by atoms with E-state index in [4.69, 9.17) is 28.3 Å². The number of halogens is 2. The Labute approximate surface area is 175 Å². The summed E-state index contributed by atoms with van der Waals surface area (Å²) in [4.78, 5) is 18.6. The third-order valence-corrected chi connectivity index (χ3v) is 4.75. The number of carbonyl (C=O) groups is 1. The lowest BCUT2D eigenvalue weighted by Crippen LogP contribution is -2.09. The Balaban J connectivity index is 1.90. The smallest absolute Gasteiger partial charge is 0.222 e. The molecule has 0 radical (unpaired) electrons. The molecule has 0 saturated carbocycles. The number of benzene rings is 1. The molecule has 0 aliphatic heterocycles. The van der Waals surface area contributed by atoms with Gasteiger partial charge in [-0.1, -0.05) is 23.2 Å². The van der Waals surface area contributed by atoms with Crippen molar-refractivity contribution in [2.45, 2.75) is 13.8 Å². The molecule has 0 aliphatic rings. The maximum atomic E-state index is 11.4. The molecule has 4 aromatic rings. The highest BCUT2D eigenvalue weighted by molar-refractivity contribution is 6.36. The second-order valence-corrected chi connectivity index (χ2v) is 7.18. The topological polar surface area (TPSA) is 101 Å². The number of hydrogen-bond acceptors (Lipinski definition) is 5. The Bertz CT molecular complexity index is 1200. The van der Waals surface area contributed by atoms with Crippen LogP contribution in [0.3, 0.4) is 0 Å². The van der Waals surface area contributed by atoms with Crippen LogP contribution < -0.4 is 5.32 Å². The summed E-state index contributed by atoms with van der Waals surface area (Å²) < 4.78 is 1.69. The van der Waals surface area contributed by atoms with Gasteiger partial charge in [-0.3, -0.25) is 4.79 Å². The number of pyridine rings is 1. The number of H-pyrrole nitrogens is 1. The molecule has 10 heteroatoms. The molecule has 0 atom stereocenters. The molecule has 2 N–H and O–H groups in total. The summed E-state index contributed by atoms with van der Waals surface area (Å²) in [6.45, 7) is 3.34. The fraction of sp³-hybridized carbons (Fsp3) is 0.105. The number of nitrogens with zero attached hydrogens (tertiary/aromatic N) is 5. The highest BCUT2D eigenvalue weighted by Gasteiger charge is 2.19. The summed E-state index contributed by atoms with van der Waals surface area (Å²) in [6, 6.07) is 6.97. The van der Waals surface area contributed by atoms with E-state index in [-0.39, 0.29) is 5.91 Å². The molecule has 8 nitrogen and oxygen atoms in total. The molecular formula is C19H15Cl2N7O. The number of aromatic amines is 1. The molecular weight excluding hydrogens is 413 g/mol. The van der Waals surface area contributed by atoms with Crippen molar-refractivity contribution in [3.63, 3.8) is 0 Å². The lowest BCUT2D eigenvalue weighted by molar-refractivity contribution is -0.114. The van der Waals surface area contributed by atoms with Crippen LogP contribution in [0.5, 0.6) is 0 Å². The largest absolute Gasteiger partial charge is 0.327 e. The molecule has 0 aliphatic carbocycles. The molecule has 0 unspecified atom stereocenters. The predicted molar refractivity (Wildman–Crippen MR) is 111 cm³/mol. The first-order valence-corrected chi connectivity index (χ1v) is 9.34. The lowest BCUT2D eigenvalue weighted by atomic mass is 10.1. The van der Waals surface area contributed by atoms with Crippen molar-refractivity contribution in [2.24, 2.45) is 0 Å². The van der Waals surface area contributed by atoms with Crippen molar-refractivity contribution in [1.29, 1.82) is 0 Å². The molecule has 4 rings (SSSR count). The van der Waals surface area contributed by atoms with Gasteiger partial charge in [0.1, 0.15) is 17.8 Å². The van der Waals surface area contributed by atoms with E-state index in [1.165, 1.54) is 13.3 Å². The number of nitrogens with one attached hydrogen (secondary N) is 2. The van der Waals surface area contributed by atoms with Gasteiger partial charge in [0.25, 0.3) is 0 Å². The molecule has 0 saturated heterocycles. The van der Waals surface area contributed by atoms with Crippen molar-refractivity contribution in [2.75, 3.05) is 5.32 Å². The minimum Gasteiger partial charge on any atom is -0.327 e. The Hall–Kier alpha value is -3.23. The fourth-order valence-corrected chi connectivity index (χ4v) is 3.39. The van der Waals surface area contributed by atoms with Gasteiger partial charge in [-0.15, -0.1) is 10.2 Å². The summed E-state index contributed by atoms with van der Waals surface area (Å²) in [5.41, 5.74) is 3.65. The Morgan fingerprint density at radius 2 is 2.03 bits per heavy atom. The van der Waals surface area contributed by atoms with E-state index in [0.29, 0.717) is 38.5 Å². The Kier molecular flexibility index (Phi) is 5.04. The molecule has 0 fully saturated rings. The van der Waals surface area contributed by atoms with Gasteiger partial charge in [0.05, 0.1) is 16.3 Å². The zero-order valence-electron chi connectivity index (χ0n) is 15.4. The van der Waals surface area contributed by atoms with Crippen LogP contribution in [-0.2, 0) is 4.79 Å². The second kappa shape index (κ2) is 7.65. The van der Waals surface area contributed by atoms with Crippen LogP contribution in [0.1, 0.15) is 12.5 Å². The number of anilines is 1. The van der Waals surface area contributed by atoms with Gasteiger partial charge < -0.3 is 10.3 Å². The van der Waals surface area contributed by atoms with Gasteiger partial charge in [-0.05, 0) is 30.7 Å². The third kappa shape index (κ3) is 3.85. The van der Waals surface area contributed by atoms with Crippen LogP contribution in [0, 0.1) is 6.92 Å². The lowest BCUT2D eigenvalue weighted by Gasteiger charge is -2.08. The second-order valence-electron chi connectivity index (χ2n) is 6.33. The van der Waals surface area contributed by atoms with Gasteiger partial charge in [0.15, 0.2) is 5.82 Å². The van der Waals surface area contributed by atoms with E-state index < -0.39 is 0 Å².